The normalized spacial score (nSPS) is 10.3. The Morgan fingerprint density at radius 1 is 1.31 bits per heavy atom. The van der Waals surface area contributed by atoms with Gasteiger partial charge in [0.25, 0.3) is 5.88 Å². The molecule has 0 unspecified atom stereocenters. The van der Waals surface area contributed by atoms with Gasteiger partial charge in [0.05, 0.1) is 0 Å². The maximum atomic E-state index is 9.20. The molecule has 0 fully saturated rings. The number of hydrogen-bond acceptors (Lipinski definition) is 4. The van der Waals surface area contributed by atoms with E-state index in [4.69, 9.17) is 5.11 Å². The number of rotatable bonds is 2. The Labute approximate surface area is 93.2 Å². The van der Waals surface area contributed by atoms with Crippen molar-refractivity contribution in [2.75, 3.05) is 0 Å². The molecule has 0 spiro atoms. The van der Waals surface area contributed by atoms with Crippen LogP contribution in [0.1, 0.15) is 17.0 Å². The monoisotopic (exact) mass is 215 g/mol. The first-order valence-electron chi connectivity index (χ1n) is 4.87. The SMILES string of the molecule is Cc1cccc(Cc2n[c]c(O)c(O)n2)c1. The first-order valence-corrected chi connectivity index (χ1v) is 4.87. The van der Waals surface area contributed by atoms with Crippen LogP contribution in [0.3, 0.4) is 0 Å². The highest BCUT2D eigenvalue weighted by atomic mass is 16.3. The van der Waals surface area contributed by atoms with E-state index in [2.05, 4.69) is 16.2 Å². The van der Waals surface area contributed by atoms with Crippen molar-refractivity contribution in [3.8, 4) is 11.6 Å². The van der Waals surface area contributed by atoms with Crippen LogP contribution in [0, 0.1) is 13.1 Å². The van der Waals surface area contributed by atoms with Gasteiger partial charge in [0.2, 0.25) is 5.75 Å². The molecule has 4 heteroatoms. The average Bonchev–Trinajstić information content (AvgIpc) is 2.24. The van der Waals surface area contributed by atoms with Gasteiger partial charge < -0.3 is 10.2 Å². The van der Waals surface area contributed by atoms with Crippen molar-refractivity contribution in [3.05, 3.63) is 47.4 Å². The third-order valence-electron chi connectivity index (χ3n) is 2.18. The fourth-order valence-electron chi connectivity index (χ4n) is 1.45. The fraction of sp³-hybridized carbons (Fsp3) is 0.167. The summed E-state index contributed by atoms with van der Waals surface area (Å²) in [5, 5.41) is 18.2. The van der Waals surface area contributed by atoms with Gasteiger partial charge in [0.15, 0.2) is 0 Å². The van der Waals surface area contributed by atoms with Crippen molar-refractivity contribution in [1.29, 1.82) is 0 Å². The van der Waals surface area contributed by atoms with Crippen molar-refractivity contribution >= 4 is 0 Å². The van der Waals surface area contributed by atoms with Gasteiger partial charge in [0, 0.05) is 6.42 Å². The van der Waals surface area contributed by atoms with Gasteiger partial charge in [0.1, 0.15) is 12.0 Å². The van der Waals surface area contributed by atoms with Crippen LogP contribution in [0.4, 0.5) is 0 Å². The summed E-state index contributed by atoms with van der Waals surface area (Å²) in [6, 6.07) is 7.94. The zero-order valence-electron chi connectivity index (χ0n) is 8.81. The molecular formula is C12H11N2O2. The summed E-state index contributed by atoms with van der Waals surface area (Å²) in [6.07, 6.45) is 2.80. The highest BCUT2D eigenvalue weighted by Gasteiger charge is 2.05. The molecule has 2 N–H and O–H groups in total. The third kappa shape index (κ3) is 2.28. The summed E-state index contributed by atoms with van der Waals surface area (Å²) in [6.45, 7) is 2.00. The highest BCUT2D eigenvalue weighted by molar-refractivity contribution is 5.29. The molecule has 0 aliphatic carbocycles. The molecule has 0 aliphatic heterocycles. The molecule has 81 valence electrons. The minimum absolute atomic E-state index is 0.423. The van der Waals surface area contributed by atoms with E-state index in [0.717, 1.165) is 11.1 Å². The molecule has 2 rings (SSSR count). The zero-order valence-corrected chi connectivity index (χ0v) is 8.81. The van der Waals surface area contributed by atoms with Crippen LogP contribution in [0.25, 0.3) is 0 Å². The molecule has 1 radical (unpaired) electrons. The second-order valence-corrected chi connectivity index (χ2v) is 3.59. The molecular weight excluding hydrogens is 204 g/mol. The van der Waals surface area contributed by atoms with Crippen LogP contribution >= 0.6 is 0 Å². The Bertz CT molecular complexity index is 512. The van der Waals surface area contributed by atoms with E-state index >= 15 is 0 Å². The summed E-state index contributed by atoms with van der Waals surface area (Å²) >= 11 is 0. The largest absolute Gasteiger partial charge is 0.502 e. The van der Waals surface area contributed by atoms with Gasteiger partial charge in [-0.15, -0.1) is 0 Å². The van der Waals surface area contributed by atoms with Crippen molar-refractivity contribution in [2.24, 2.45) is 0 Å². The third-order valence-corrected chi connectivity index (χ3v) is 2.18. The maximum Gasteiger partial charge on any atom is 0.258 e. The van der Waals surface area contributed by atoms with Crippen molar-refractivity contribution in [3.63, 3.8) is 0 Å². The Kier molecular flexibility index (Phi) is 2.72. The van der Waals surface area contributed by atoms with E-state index < -0.39 is 11.6 Å². The van der Waals surface area contributed by atoms with Crippen molar-refractivity contribution in [1.82, 2.24) is 9.97 Å². The van der Waals surface area contributed by atoms with Gasteiger partial charge in [-0.25, -0.2) is 4.98 Å². The fourth-order valence-corrected chi connectivity index (χ4v) is 1.45. The first-order chi connectivity index (χ1) is 7.65. The minimum Gasteiger partial charge on any atom is -0.502 e. The summed E-state index contributed by atoms with van der Waals surface area (Å²) in [5.74, 6) is -0.424. The van der Waals surface area contributed by atoms with Crippen LogP contribution in [0.15, 0.2) is 24.3 Å². The van der Waals surface area contributed by atoms with Crippen LogP contribution < -0.4 is 0 Å². The highest BCUT2D eigenvalue weighted by Crippen LogP contribution is 2.19. The summed E-state index contributed by atoms with van der Waals surface area (Å²) in [7, 11) is 0. The Morgan fingerprint density at radius 3 is 2.81 bits per heavy atom. The molecule has 1 aromatic heterocycles. The van der Waals surface area contributed by atoms with E-state index in [9.17, 15) is 5.11 Å². The number of aromatic nitrogens is 2. The second-order valence-electron chi connectivity index (χ2n) is 3.59. The molecule has 0 saturated carbocycles. The van der Waals surface area contributed by atoms with E-state index in [1.807, 2.05) is 31.2 Å². The molecule has 2 aromatic rings. The van der Waals surface area contributed by atoms with Crippen LogP contribution in [-0.2, 0) is 6.42 Å². The number of aromatic hydroxyl groups is 2. The maximum absolute atomic E-state index is 9.20. The van der Waals surface area contributed by atoms with E-state index in [0.29, 0.717) is 12.2 Å². The smallest absolute Gasteiger partial charge is 0.258 e. The Hall–Kier alpha value is -2.10. The lowest BCUT2D eigenvalue weighted by Crippen LogP contribution is -1.96. The van der Waals surface area contributed by atoms with Gasteiger partial charge in [-0.3, -0.25) is 0 Å². The molecule has 0 amide bonds. The average molecular weight is 215 g/mol. The topological polar surface area (TPSA) is 66.2 Å². The number of aryl methyl sites for hydroxylation is 1. The molecule has 0 bridgehead atoms. The summed E-state index contributed by atoms with van der Waals surface area (Å²) < 4.78 is 0. The van der Waals surface area contributed by atoms with E-state index in [1.165, 1.54) is 0 Å². The van der Waals surface area contributed by atoms with Crippen LogP contribution in [0.2, 0.25) is 0 Å². The number of hydrogen-bond donors (Lipinski definition) is 2. The molecule has 0 atom stereocenters. The quantitative estimate of drug-likeness (QED) is 0.798. The predicted octanol–water partition coefficient (Wildman–Crippen LogP) is 1.59. The lowest BCUT2D eigenvalue weighted by molar-refractivity contribution is 0.383. The van der Waals surface area contributed by atoms with E-state index in [-0.39, 0.29) is 0 Å². The van der Waals surface area contributed by atoms with Crippen molar-refractivity contribution in [2.45, 2.75) is 13.3 Å². The first kappa shape index (κ1) is 10.4. The van der Waals surface area contributed by atoms with Crippen LogP contribution in [-0.4, -0.2) is 20.2 Å². The molecule has 1 heterocycles. The number of benzene rings is 1. The summed E-state index contributed by atoms with van der Waals surface area (Å²) in [5.41, 5.74) is 2.21. The lowest BCUT2D eigenvalue weighted by atomic mass is 10.1. The lowest BCUT2D eigenvalue weighted by Gasteiger charge is -2.02. The van der Waals surface area contributed by atoms with Gasteiger partial charge in [-0.2, -0.15) is 4.98 Å². The van der Waals surface area contributed by atoms with Gasteiger partial charge in [-0.1, -0.05) is 29.8 Å². The molecule has 0 aliphatic rings. The molecule has 16 heavy (non-hydrogen) atoms. The van der Waals surface area contributed by atoms with Gasteiger partial charge in [-0.05, 0) is 12.5 Å². The Morgan fingerprint density at radius 2 is 2.12 bits per heavy atom. The zero-order chi connectivity index (χ0) is 11.5. The van der Waals surface area contributed by atoms with E-state index in [1.54, 1.807) is 0 Å². The van der Waals surface area contributed by atoms with Crippen LogP contribution in [0.5, 0.6) is 11.6 Å². The second kappa shape index (κ2) is 4.18. The molecule has 0 saturated heterocycles. The molecule has 1 aromatic carbocycles. The predicted molar refractivity (Wildman–Crippen MR) is 58.2 cm³/mol. The standard InChI is InChI=1S/C12H11N2O2/c1-8-3-2-4-9(5-8)6-11-13-7-10(15)12(16)14-11/h2-5,15H,6H2,1H3,(H,13,14,16). The number of nitrogens with zero attached hydrogens (tertiary/aromatic N) is 2. The molecule has 4 nitrogen and oxygen atoms in total. The van der Waals surface area contributed by atoms with Gasteiger partial charge >= 0.3 is 0 Å². The Balaban J connectivity index is 2.24. The van der Waals surface area contributed by atoms with Crippen molar-refractivity contribution < 1.29 is 10.2 Å². The summed E-state index contributed by atoms with van der Waals surface area (Å²) in [4.78, 5) is 7.58. The minimum atomic E-state index is -0.433.